The molecule has 27 heavy (non-hydrogen) atoms. The quantitative estimate of drug-likeness (QED) is 0.676. The van der Waals surface area contributed by atoms with Crippen LogP contribution in [0.4, 0.5) is 0 Å². The van der Waals surface area contributed by atoms with Gasteiger partial charge in [0, 0.05) is 25.6 Å². The predicted molar refractivity (Wildman–Crippen MR) is 97.5 cm³/mol. The van der Waals surface area contributed by atoms with E-state index in [2.05, 4.69) is 0 Å². The summed E-state index contributed by atoms with van der Waals surface area (Å²) in [6.45, 7) is 6.68. The SMILES string of the molecule is C[C@@H]1C(=O)N(C(=O)C2[C@@H](C)[C@H]2C)[C@H]2CCN(S(=O)(=O)N3CCC(O)CC3)[C@H]12. The highest BCUT2D eigenvalue weighted by molar-refractivity contribution is 7.86. The summed E-state index contributed by atoms with van der Waals surface area (Å²) in [6, 6.07) is -0.840. The first-order valence-corrected chi connectivity index (χ1v) is 11.4. The zero-order chi connectivity index (χ0) is 19.7. The van der Waals surface area contributed by atoms with E-state index in [-0.39, 0.29) is 35.6 Å². The zero-order valence-corrected chi connectivity index (χ0v) is 16.9. The van der Waals surface area contributed by atoms with Gasteiger partial charge in [-0.2, -0.15) is 17.0 Å². The van der Waals surface area contributed by atoms with Crippen molar-refractivity contribution in [1.29, 1.82) is 0 Å². The van der Waals surface area contributed by atoms with Crippen LogP contribution in [0.3, 0.4) is 0 Å². The van der Waals surface area contributed by atoms with Crippen LogP contribution in [0.25, 0.3) is 0 Å². The summed E-state index contributed by atoms with van der Waals surface area (Å²) in [5.74, 6) is -0.443. The molecule has 1 saturated carbocycles. The third-order valence-corrected chi connectivity index (χ3v) is 9.27. The van der Waals surface area contributed by atoms with Crippen molar-refractivity contribution in [3.63, 3.8) is 0 Å². The largest absolute Gasteiger partial charge is 0.393 e. The van der Waals surface area contributed by atoms with E-state index in [9.17, 15) is 23.1 Å². The van der Waals surface area contributed by atoms with Crippen molar-refractivity contribution in [1.82, 2.24) is 13.5 Å². The predicted octanol–water partition coefficient (Wildman–Crippen LogP) is 0.0377. The smallest absolute Gasteiger partial charge is 0.282 e. The molecule has 3 aliphatic heterocycles. The number of imide groups is 1. The third kappa shape index (κ3) is 2.85. The molecule has 1 aliphatic carbocycles. The third-order valence-electron chi connectivity index (χ3n) is 7.23. The van der Waals surface area contributed by atoms with E-state index in [1.165, 1.54) is 13.5 Å². The minimum atomic E-state index is -3.71. The number of aliphatic hydroxyl groups is 1. The van der Waals surface area contributed by atoms with Crippen LogP contribution in [-0.2, 0) is 19.8 Å². The lowest BCUT2D eigenvalue weighted by Gasteiger charge is -2.34. The van der Waals surface area contributed by atoms with E-state index < -0.39 is 28.3 Å². The summed E-state index contributed by atoms with van der Waals surface area (Å²) >= 11 is 0. The standard InChI is InChI=1S/C18H29N3O5S/c1-10-11(2)15(10)18(24)21-14-6-9-20(16(14)12(3)17(21)23)27(25,26)19-7-4-13(22)5-8-19/h10-16,22H,4-9H2,1-3H3/t10-,11+,12-,14-,15?,16+/m0/s1. The summed E-state index contributed by atoms with van der Waals surface area (Å²) in [5, 5.41) is 9.66. The molecular weight excluding hydrogens is 370 g/mol. The lowest BCUT2D eigenvalue weighted by atomic mass is 10.0. The number of aliphatic hydroxyl groups excluding tert-OH is 1. The van der Waals surface area contributed by atoms with Gasteiger partial charge in [-0.3, -0.25) is 14.5 Å². The van der Waals surface area contributed by atoms with Gasteiger partial charge in [0.1, 0.15) is 0 Å². The molecule has 0 bridgehead atoms. The molecule has 8 nitrogen and oxygen atoms in total. The second kappa shape index (κ2) is 6.50. The fraction of sp³-hybridized carbons (Fsp3) is 0.889. The fourth-order valence-electron chi connectivity index (χ4n) is 5.20. The van der Waals surface area contributed by atoms with E-state index >= 15 is 0 Å². The summed E-state index contributed by atoms with van der Waals surface area (Å²) in [4.78, 5) is 27.1. The number of fused-ring (bicyclic) bond motifs is 1. The highest BCUT2D eigenvalue weighted by Gasteiger charge is 2.61. The molecule has 0 aromatic heterocycles. The second-order valence-corrected chi connectivity index (χ2v) is 10.6. The van der Waals surface area contributed by atoms with Gasteiger partial charge < -0.3 is 5.11 Å². The molecular formula is C18H29N3O5S. The Bertz CT molecular complexity index is 740. The normalized spacial score (nSPS) is 41.2. The minimum Gasteiger partial charge on any atom is -0.393 e. The monoisotopic (exact) mass is 399 g/mol. The van der Waals surface area contributed by atoms with Crippen LogP contribution in [-0.4, -0.2) is 76.7 Å². The van der Waals surface area contributed by atoms with E-state index in [1.54, 1.807) is 6.92 Å². The summed E-state index contributed by atoms with van der Waals surface area (Å²) in [7, 11) is -3.71. The summed E-state index contributed by atoms with van der Waals surface area (Å²) in [5.41, 5.74) is 0. The molecule has 3 heterocycles. The number of piperidine rings is 1. The Morgan fingerprint density at radius 2 is 1.63 bits per heavy atom. The first kappa shape index (κ1) is 19.3. The van der Waals surface area contributed by atoms with E-state index in [4.69, 9.17) is 0 Å². The number of hydrogen-bond acceptors (Lipinski definition) is 5. The van der Waals surface area contributed by atoms with E-state index in [1.807, 2.05) is 13.8 Å². The summed E-state index contributed by atoms with van der Waals surface area (Å²) < 4.78 is 29.2. The lowest BCUT2D eigenvalue weighted by Crippen LogP contribution is -2.51. The Morgan fingerprint density at radius 3 is 2.19 bits per heavy atom. The number of likely N-dealkylation sites (tertiary alicyclic amines) is 1. The second-order valence-electron chi connectivity index (χ2n) is 8.67. The Hall–Kier alpha value is -1.03. The lowest BCUT2D eigenvalue weighted by molar-refractivity contribution is -0.146. The molecule has 4 fully saturated rings. The molecule has 3 saturated heterocycles. The minimum absolute atomic E-state index is 0.117. The van der Waals surface area contributed by atoms with Crippen molar-refractivity contribution < 1.29 is 23.1 Å². The van der Waals surface area contributed by atoms with Crippen molar-refractivity contribution in [2.24, 2.45) is 23.7 Å². The van der Waals surface area contributed by atoms with E-state index in [0.29, 0.717) is 38.9 Å². The molecule has 9 heteroatoms. The van der Waals surface area contributed by atoms with Crippen molar-refractivity contribution in [2.45, 2.75) is 58.2 Å². The number of carbonyl (C=O) groups is 2. The highest BCUT2D eigenvalue weighted by atomic mass is 32.2. The molecule has 4 rings (SSSR count). The number of nitrogens with zero attached hydrogens (tertiary/aromatic N) is 3. The van der Waals surface area contributed by atoms with Gasteiger partial charge >= 0.3 is 0 Å². The van der Waals surface area contributed by atoms with E-state index in [0.717, 1.165) is 0 Å². The van der Waals surface area contributed by atoms with Crippen molar-refractivity contribution in [3.8, 4) is 0 Å². The first-order chi connectivity index (χ1) is 12.7. The molecule has 1 unspecified atom stereocenters. The zero-order valence-electron chi connectivity index (χ0n) is 16.1. The van der Waals surface area contributed by atoms with Crippen molar-refractivity contribution in [3.05, 3.63) is 0 Å². The Labute approximate surface area is 160 Å². The molecule has 0 aromatic carbocycles. The Morgan fingerprint density at radius 1 is 1.04 bits per heavy atom. The molecule has 2 amide bonds. The highest BCUT2D eigenvalue weighted by Crippen LogP contribution is 2.49. The molecule has 4 aliphatic rings. The maximum atomic E-state index is 13.2. The average Bonchev–Trinajstić information content (AvgIpc) is 2.96. The first-order valence-electron chi connectivity index (χ1n) is 9.98. The summed E-state index contributed by atoms with van der Waals surface area (Å²) in [6.07, 6.45) is 0.901. The maximum Gasteiger partial charge on any atom is 0.282 e. The van der Waals surface area contributed by atoms with Crippen LogP contribution in [0.2, 0.25) is 0 Å². The number of amides is 2. The number of rotatable bonds is 3. The van der Waals surface area contributed by atoms with Gasteiger partial charge in [0.15, 0.2) is 0 Å². The number of hydrogen-bond donors (Lipinski definition) is 1. The molecule has 0 radical (unpaired) electrons. The van der Waals surface area contributed by atoms with Crippen molar-refractivity contribution in [2.75, 3.05) is 19.6 Å². The van der Waals surface area contributed by atoms with Crippen LogP contribution in [0.15, 0.2) is 0 Å². The fourth-order valence-corrected chi connectivity index (χ4v) is 7.14. The van der Waals surface area contributed by atoms with Crippen LogP contribution in [0, 0.1) is 23.7 Å². The Balaban J connectivity index is 1.56. The molecule has 0 spiro atoms. The van der Waals surface area contributed by atoms with Crippen LogP contribution < -0.4 is 0 Å². The molecule has 152 valence electrons. The molecule has 0 aromatic rings. The van der Waals surface area contributed by atoms with Gasteiger partial charge in [0.05, 0.1) is 24.1 Å². The molecule has 1 N–H and O–H groups in total. The van der Waals surface area contributed by atoms with Gasteiger partial charge in [0.2, 0.25) is 11.8 Å². The van der Waals surface area contributed by atoms with Gasteiger partial charge in [-0.25, -0.2) is 0 Å². The topological polar surface area (TPSA) is 98.2 Å². The van der Waals surface area contributed by atoms with Crippen LogP contribution in [0.1, 0.15) is 40.0 Å². The number of carbonyl (C=O) groups excluding carboxylic acids is 2. The molecule has 6 atom stereocenters. The van der Waals surface area contributed by atoms with Gasteiger partial charge in [-0.05, 0) is 31.1 Å². The van der Waals surface area contributed by atoms with Crippen molar-refractivity contribution >= 4 is 22.0 Å². The average molecular weight is 400 g/mol. The van der Waals surface area contributed by atoms with Crippen LogP contribution >= 0.6 is 0 Å². The van der Waals surface area contributed by atoms with Gasteiger partial charge in [-0.15, -0.1) is 0 Å². The van der Waals surface area contributed by atoms with Crippen LogP contribution in [0.5, 0.6) is 0 Å². The maximum absolute atomic E-state index is 13.2. The van der Waals surface area contributed by atoms with Gasteiger partial charge in [0.25, 0.3) is 10.2 Å². The van der Waals surface area contributed by atoms with Gasteiger partial charge in [-0.1, -0.05) is 20.8 Å². The Kier molecular flexibility index (Phi) is 4.65.